The van der Waals surface area contributed by atoms with Gasteiger partial charge in [0.05, 0.1) is 24.2 Å². The molecule has 1 aromatic heterocycles. The Morgan fingerprint density at radius 1 is 1.03 bits per heavy atom. The third-order valence-electron chi connectivity index (χ3n) is 6.57. The Bertz CT molecular complexity index is 1140. The minimum atomic E-state index is -0.487. The van der Waals surface area contributed by atoms with Gasteiger partial charge in [-0.1, -0.05) is 6.07 Å². The van der Waals surface area contributed by atoms with Gasteiger partial charge in [0, 0.05) is 18.5 Å². The third kappa shape index (κ3) is 4.26. The van der Waals surface area contributed by atoms with E-state index in [-0.39, 0.29) is 0 Å². The van der Waals surface area contributed by atoms with Gasteiger partial charge in [0.15, 0.2) is 5.69 Å². The van der Waals surface area contributed by atoms with Gasteiger partial charge in [-0.25, -0.2) is 4.68 Å². The average molecular weight is 448 g/mol. The fraction of sp³-hybridized carbons (Fsp3) is 0.360. The number of ether oxygens (including phenoxy) is 2. The second-order valence-electron chi connectivity index (χ2n) is 8.57. The van der Waals surface area contributed by atoms with Crippen molar-refractivity contribution in [3.63, 3.8) is 0 Å². The van der Waals surface area contributed by atoms with Crippen LogP contribution in [0.15, 0.2) is 48.5 Å². The molecule has 8 nitrogen and oxygen atoms in total. The summed E-state index contributed by atoms with van der Waals surface area (Å²) in [5.41, 5.74) is 8.73. The van der Waals surface area contributed by atoms with Crippen LogP contribution < -0.4 is 25.8 Å². The number of carbonyl (C=O) groups excluding carboxylic acids is 1. The number of nitrogens with zero attached hydrogens (tertiary/aromatic N) is 2. The summed E-state index contributed by atoms with van der Waals surface area (Å²) in [6.07, 6.45) is 3.26. The molecule has 0 bridgehead atoms. The van der Waals surface area contributed by atoms with Crippen molar-refractivity contribution < 1.29 is 14.3 Å². The summed E-state index contributed by atoms with van der Waals surface area (Å²) in [6.45, 7) is 2.88. The van der Waals surface area contributed by atoms with Gasteiger partial charge < -0.3 is 25.8 Å². The first-order valence-electron chi connectivity index (χ1n) is 11.4. The Morgan fingerprint density at radius 3 is 2.52 bits per heavy atom. The van der Waals surface area contributed by atoms with Crippen LogP contribution in [0.1, 0.15) is 41.4 Å². The van der Waals surface area contributed by atoms with E-state index in [1.54, 1.807) is 11.8 Å². The molecule has 1 atom stereocenters. The molecule has 2 aromatic carbocycles. The van der Waals surface area contributed by atoms with E-state index in [9.17, 15) is 4.79 Å². The van der Waals surface area contributed by atoms with E-state index in [2.05, 4.69) is 10.6 Å². The molecular formula is C25H29N5O3. The Kier molecular flexibility index (Phi) is 5.92. The zero-order valence-corrected chi connectivity index (χ0v) is 18.7. The Labute approximate surface area is 193 Å². The smallest absolute Gasteiger partial charge is 0.269 e. The number of hydrogen-bond donors (Lipinski definition) is 3. The normalized spacial score (nSPS) is 18.3. The highest BCUT2D eigenvalue weighted by Crippen LogP contribution is 2.41. The molecule has 0 aliphatic carbocycles. The summed E-state index contributed by atoms with van der Waals surface area (Å²) in [5.74, 6) is 2.50. The van der Waals surface area contributed by atoms with Gasteiger partial charge in [-0.05, 0) is 74.7 Å². The maximum absolute atomic E-state index is 12.5. The van der Waals surface area contributed by atoms with Gasteiger partial charge in [-0.2, -0.15) is 5.10 Å². The van der Waals surface area contributed by atoms with Crippen LogP contribution in [0.5, 0.6) is 17.2 Å². The Hall–Kier alpha value is -3.52. The van der Waals surface area contributed by atoms with E-state index in [4.69, 9.17) is 20.3 Å². The molecule has 2 aliphatic heterocycles. The summed E-state index contributed by atoms with van der Waals surface area (Å²) in [7, 11) is 1.62. The van der Waals surface area contributed by atoms with Gasteiger partial charge in [-0.15, -0.1) is 0 Å². The molecule has 172 valence electrons. The predicted molar refractivity (Wildman–Crippen MR) is 127 cm³/mol. The van der Waals surface area contributed by atoms with E-state index >= 15 is 0 Å². The van der Waals surface area contributed by atoms with E-state index in [0.717, 1.165) is 61.7 Å². The highest BCUT2D eigenvalue weighted by atomic mass is 16.5. The summed E-state index contributed by atoms with van der Waals surface area (Å²) in [6, 6.07) is 14.9. The lowest BCUT2D eigenvalue weighted by molar-refractivity contribution is 0.0993. The van der Waals surface area contributed by atoms with Crippen molar-refractivity contribution in [2.45, 2.75) is 25.2 Å². The molecule has 1 saturated heterocycles. The average Bonchev–Trinajstić information content (AvgIpc) is 3.25. The number of fused-ring (bicyclic) bond motifs is 1. The Balaban J connectivity index is 1.45. The van der Waals surface area contributed by atoms with E-state index in [0.29, 0.717) is 29.0 Å². The first kappa shape index (κ1) is 21.3. The lowest BCUT2D eigenvalue weighted by Crippen LogP contribution is -2.33. The number of nitrogens with two attached hydrogens (primary N) is 1. The van der Waals surface area contributed by atoms with E-state index in [1.165, 1.54) is 0 Å². The standard InChI is InChI=1S/C25H29N5O3/c1-32-19-3-2-4-20(15-19)33-18-7-5-17(6-8-18)30-24(25(26)31)23-22(29-30)21(11-14-28-23)16-9-12-27-13-10-16/h2-8,15-16,21,27-28H,9-14H2,1H3,(H2,26,31). The van der Waals surface area contributed by atoms with Crippen LogP contribution >= 0.6 is 0 Å². The molecule has 8 heteroatoms. The van der Waals surface area contributed by atoms with Gasteiger partial charge in [-0.3, -0.25) is 4.79 Å². The number of primary amides is 1. The molecule has 1 fully saturated rings. The fourth-order valence-electron chi connectivity index (χ4n) is 4.93. The van der Waals surface area contributed by atoms with Gasteiger partial charge >= 0.3 is 0 Å². The molecular weight excluding hydrogens is 418 g/mol. The molecule has 3 heterocycles. The third-order valence-corrected chi connectivity index (χ3v) is 6.57. The number of carbonyl (C=O) groups is 1. The van der Waals surface area contributed by atoms with E-state index in [1.807, 2.05) is 48.5 Å². The van der Waals surface area contributed by atoms with Crippen molar-refractivity contribution in [1.82, 2.24) is 15.1 Å². The first-order valence-corrected chi connectivity index (χ1v) is 11.4. The number of amides is 1. The van der Waals surface area contributed by atoms with Crippen molar-refractivity contribution in [3.8, 4) is 22.9 Å². The van der Waals surface area contributed by atoms with Gasteiger partial charge in [0.1, 0.15) is 17.2 Å². The van der Waals surface area contributed by atoms with Crippen LogP contribution in [0.2, 0.25) is 0 Å². The number of rotatable bonds is 6. The molecule has 3 aromatic rings. The monoisotopic (exact) mass is 447 g/mol. The summed E-state index contributed by atoms with van der Waals surface area (Å²) >= 11 is 0. The van der Waals surface area contributed by atoms with Crippen molar-refractivity contribution in [3.05, 3.63) is 59.9 Å². The molecule has 2 aliphatic rings. The van der Waals surface area contributed by atoms with Crippen molar-refractivity contribution >= 4 is 11.6 Å². The highest BCUT2D eigenvalue weighted by Gasteiger charge is 2.35. The number of benzene rings is 2. The molecule has 4 N–H and O–H groups in total. The van der Waals surface area contributed by atoms with Crippen LogP contribution in [-0.2, 0) is 0 Å². The minimum Gasteiger partial charge on any atom is -0.497 e. The Morgan fingerprint density at radius 2 is 1.79 bits per heavy atom. The summed E-state index contributed by atoms with van der Waals surface area (Å²) in [4.78, 5) is 12.5. The van der Waals surface area contributed by atoms with E-state index < -0.39 is 5.91 Å². The van der Waals surface area contributed by atoms with Crippen LogP contribution in [-0.4, -0.2) is 42.4 Å². The second-order valence-corrected chi connectivity index (χ2v) is 8.57. The number of anilines is 1. The largest absolute Gasteiger partial charge is 0.497 e. The second kappa shape index (κ2) is 9.15. The molecule has 5 rings (SSSR count). The zero-order chi connectivity index (χ0) is 22.8. The maximum atomic E-state index is 12.5. The molecule has 0 spiro atoms. The number of methoxy groups -OCH3 is 1. The SMILES string of the molecule is COc1cccc(Oc2ccc(-n3nc4c(c3C(N)=O)NCCC4C3CCNCC3)cc2)c1. The van der Waals surface area contributed by atoms with Crippen LogP contribution in [0.25, 0.3) is 5.69 Å². The molecule has 0 saturated carbocycles. The predicted octanol–water partition coefficient (Wildman–Crippen LogP) is 3.67. The summed E-state index contributed by atoms with van der Waals surface area (Å²) < 4.78 is 12.9. The molecule has 33 heavy (non-hydrogen) atoms. The van der Waals surface area contributed by atoms with Gasteiger partial charge in [0.2, 0.25) is 0 Å². The maximum Gasteiger partial charge on any atom is 0.269 e. The number of hydrogen-bond acceptors (Lipinski definition) is 6. The molecule has 0 radical (unpaired) electrons. The number of piperidine rings is 1. The van der Waals surface area contributed by atoms with Crippen LogP contribution in [0.3, 0.4) is 0 Å². The zero-order valence-electron chi connectivity index (χ0n) is 18.7. The quantitative estimate of drug-likeness (QED) is 0.533. The van der Waals surface area contributed by atoms with Crippen LogP contribution in [0, 0.1) is 5.92 Å². The fourth-order valence-corrected chi connectivity index (χ4v) is 4.93. The van der Waals surface area contributed by atoms with Crippen molar-refractivity contribution in [2.75, 3.05) is 32.1 Å². The molecule has 1 amide bonds. The number of aromatic nitrogens is 2. The summed E-state index contributed by atoms with van der Waals surface area (Å²) in [5, 5.41) is 11.7. The van der Waals surface area contributed by atoms with Crippen molar-refractivity contribution in [2.24, 2.45) is 11.7 Å². The van der Waals surface area contributed by atoms with Crippen LogP contribution in [0.4, 0.5) is 5.69 Å². The lowest BCUT2D eigenvalue weighted by Gasteiger charge is -2.33. The lowest BCUT2D eigenvalue weighted by atomic mass is 9.79. The van der Waals surface area contributed by atoms with Crippen molar-refractivity contribution in [1.29, 1.82) is 0 Å². The highest BCUT2D eigenvalue weighted by molar-refractivity contribution is 5.98. The number of nitrogens with one attached hydrogen (secondary N) is 2. The first-order chi connectivity index (χ1) is 16.1. The minimum absolute atomic E-state index is 0.332. The van der Waals surface area contributed by atoms with Gasteiger partial charge in [0.25, 0.3) is 5.91 Å². The topological polar surface area (TPSA) is 103 Å². The molecule has 1 unspecified atom stereocenters.